The fourth-order valence-corrected chi connectivity index (χ4v) is 4.17. The summed E-state index contributed by atoms with van der Waals surface area (Å²) in [4.78, 5) is 9.26. The lowest BCUT2D eigenvalue weighted by atomic mass is 10.1. The second-order valence-corrected chi connectivity index (χ2v) is 8.69. The topological polar surface area (TPSA) is 49.3 Å². The zero-order valence-electron chi connectivity index (χ0n) is 19.5. The quantitative estimate of drug-likeness (QED) is 0.307. The van der Waals surface area contributed by atoms with Crippen molar-refractivity contribution in [3.8, 4) is 0 Å². The minimum atomic E-state index is 0. The Labute approximate surface area is 205 Å². The number of aliphatic imine (C=N–C) groups is 1. The molecule has 2 atom stereocenters. The lowest BCUT2D eigenvalue weighted by molar-refractivity contribution is -0.0721. The molecule has 1 N–H and O–H groups in total. The van der Waals surface area contributed by atoms with E-state index < -0.39 is 0 Å². The smallest absolute Gasteiger partial charge is 0.193 e. The first-order valence-corrected chi connectivity index (χ1v) is 11.6. The van der Waals surface area contributed by atoms with Crippen molar-refractivity contribution in [3.63, 3.8) is 0 Å². The zero-order chi connectivity index (χ0) is 21.2. The van der Waals surface area contributed by atoms with E-state index in [0.29, 0.717) is 18.2 Å². The van der Waals surface area contributed by atoms with Gasteiger partial charge in [-0.15, -0.1) is 24.0 Å². The monoisotopic (exact) mass is 544 g/mol. The predicted molar refractivity (Wildman–Crippen MR) is 138 cm³/mol. The summed E-state index contributed by atoms with van der Waals surface area (Å²) in [5, 5.41) is 3.58. The summed E-state index contributed by atoms with van der Waals surface area (Å²) >= 11 is 0. The maximum Gasteiger partial charge on any atom is 0.193 e. The van der Waals surface area contributed by atoms with Crippen LogP contribution in [0.25, 0.3) is 0 Å². The Morgan fingerprint density at radius 2 is 1.97 bits per heavy atom. The number of likely N-dealkylation sites (N-methyl/N-ethyl adjacent to an activating group) is 1. The fourth-order valence-electron chi connectivity index (χ4n) is 4.17. The van der Waals surface area contributed by atoms with Gasteiger partial charge in [0.2, 0.25) is 0 Å². The van der Waals surface area contributed by atoms with Crippen LogP contribution in [0.5, 0.6) is 0 Å². The molecule has 2 unspecified atom stereocenters. The first-order chi connectivity index (χ1) is 14.7. The van der Waals surface area contributed by atoms with E-state index in [0.717, 1.165) is 64.6 Å². The first kappa shape index (κ1) is 26.4. The van der Waals surface area contributed by atoms with Gasteiger partial charge in [0.25, 0.3) is 0 Å². The Morgan fingerprint density at radius 1 is 1.23 bits per heavy atom. The number of nitrogens with one attached hydrogen (secondary N) is 1. The molecular formula is C24H41IN4O2. The Morgan fingerprint density at radius 3 is 2.61 bits per heavy atom. The Kier molecular flexibility index (Phi) is 12.1. The van der Waals surface area contributed by atoms with Crippen molar-refractivity contribution in [3.05, 3.63) is 35.9 Å². The molecule has 2 fully saturated rings. The molecule has 2 saturated heterocycles. The van der Waals surface area contributed by atoms with E-state index in [2.05, 4.69) is 64.4 Å². The number of ether oxygens (including phenoxy) is 2. The third-order valence-electron chi connectivity index (χ3n) is 6.33. The number of rotatable bonds is 8. The van der Waals surface area contributed by atoms with Gasteiger partial charge in [-0.3, -0.25) is 9.89 Å². The fraction of sp³-hybridized carbons (Fsp3) is 0.708. The minimum absolute atomic E-state index is 0. The molecule has 3 rings (SSSR count). The van der Waals surface area contributed by atoms with Crippen LogP contribution in [0.1, 0.15) is 44.6 Å². The number of halogens is 1. The Balaban J connectivity index is 0.00000341. The van der Waals surface area contributed by atoms with Gasteiger partial charge in [0.05, 0.1) is 18.8 Å². The molecule has 31 heavy (non-hydrogen) atoms. The van der Waals surface area contributed by atoms with E-state index in [1.807, 2.05) is 7.05 Å². The van der Waals surface area contributed by atoms with Crippen molar-refractivity contribution < 1.29 is 9.47 Å². The normalized spacial score (nSPS) is 21.6. The second kappa shape index (κ2) is 14.3. The highest BCUT2D eigenvalue weighted by Crippen LogP contribution is 2.18. The molecule has 7 heteroatoms. The number of nitrogens with zero attached hydrogens (tertiary/aromatic N) is 3. The van der Waals surface area contributed by atoms with Crippen LogP contribution in [0.15, 0.2) is 35.3 Å². The van der Waals surface area contributed by atoms with Gasteiger partial charge in [0.15, 0.2) is 5.96 Å². The molecule has 1 aromatic carbocycles. The largest absolute Gasteiger partial charge is 0.376 e. The number of hydrogen-bond donors (Lipinski definition) is 1. The molecule has 1 aromatic rings. The van der Waals surface area contributed by atoms with E-state index in [9.17, 15) is 0 Å². The van der Waals surface area contributed by atoms with Crippen molar-refractivity contribution in [2.24, 2.45) is 4.99 Å². The molecule has 0 spiro atoms. The molecule has 2 heterocycles. The van der Waals surface area contributed by atoms with Crippen LogP contribution in [0.3, 0.4) is 0 Å². The number of likely N-dealkylation sites (tertiary alicyclic amines) is 1. The highest BCUT2D eigenvalue weighted by Gasteiger charge is 2.24. The molecule has 2 aliphatic heterocycles. The average molecular weight is 545 g/mol. The molecule has 0 aliphatic carbocycles. The van der Waals surface area contributed by atoms with E-state index in [-0.39, 0.29) is 24.0 Å². The van der Waals surface area contributed by atoms with Crippen molar-refractivity contribution in [2.45, 2.75) is 63.8 Å². The molecular weight excluding hydrogens is 503 g/mol. The van der Waals surface area contributed by atoms with Crippen LogP contribution in [-0.4, -0.2) is 81.0 Å². The molecule has 0 radical (unpaired) electrons. The van der Waals surface area contributed by atoms with Gasteiger partial charge in [0.1, 0.15) is 0 Å². The number of piperidine rings is 1. The molecule has 2 aliphatic rings. The average Bonchev–Trinajstić information content (AvgIpc) is 2.80. The van der Waals surface area contributed by atoms with E-state index in [4.69, 9.17) is 9.47 Å². The first-order valence-electron chi connectivity index (χ1n) is 11.6. The lowest BCUT2D eigenvalue weighted by Crippen LogP contribution is -2.50. The van der Waals surface area contributed by atoms with Crippen molar-refractivity contribution in [1.29, 1.82) is 0 Å². The van der Waals surface area contributed by atoms with Gasteiger partial charge < -0.3 is 19.7 Å². The third kappa shape index (κ3) is 8.86. The summed E-state index contributed by atoms with van der Waals surface area (Å²) in [5.74, 6) is 1.00. The van der Waals surface area contributed by atoms with E-state index in [1.54, 1.807) is 0 Å². The van der Waals surface area contributed by atoms with Crippen LogP contribution in [0.4, 0.5) is 0 Å². The van der Waals surface area contributed by atoms with Gasteiger partial charge >= 0.3 is 0 Å². The number of hydrogen-bond acceptors (Lipinski definition) is 4. The third-order valence-corrected chi connectivity index (χ3v) is 6.33. The van der Waals surface area contributed by atoms with Crippen molar-refractivity contribution in [1.82, 2.24) is 15.1 Å². The summed E-state index contributed by atoms with van der Waals surface area (Å²) in [6, 6.07) is 11.0. The maximum absolute atomic E-state index is 6.15. The van der Waals surface area contributed by atoms with Crippen LogP contribution in [0.2, 0.25) is 0 Å². The molecule has 176 valence electrons. The van der Waals surface area contributed by atoms with Gasteiger partial charge in [-0.25, -0.2) is 0 Å². The van der Waals surface area contributed by atoms with Crippen LogP contribution < -0.4 is 5.32 Å². The van der Waals surface area contributed by atoms with Gasteiger partial charge in [-0.05, 0) is 51.6 Å². The number of benzene rings is 1. The molecule has 0 saturated carbocycles. The standard InChI is InChI=1S/C24H40N4O2.HI/c1-20(27(3)18-21-9-5-4-6-10-21)17-26-24(25-2)28-14-12-22(13-15-28)30-19-23-11-7-8-16-29-23;/h4-6,9-10,20,22-23H,7-8,11-19H2,1-3H3,(H,25,26);1H. The predicted octanol–water partition coefficient (Wildman–Crippen LogP) is 3.75. The molecule has 6 nitrogen and oxygen atoms in total. The Hall–Kier alpha value is -0.900. The summed E-state index contributed by atoms with van der Waals surface area (Å²) in [6.07, 6.45) is 6.37. The van der Waals surface area contributed by atoms with Gasteiger partial charge in [0, 0.05) is 45.9 Å². The van der Waals surface area contributed by atoms with Gasteiger partial charge in [-0.2, -0.15) is 0 Å². The van der Waals surface area contributed by atoms with Crippen LogP contribution >= 0.6 is 24.0 Å². The van der Waals surface area contributed by atoms with E-state index >= 15 is 0 Å². The van der Waals surface area contributed by atoms with Crippen LogP contribution in [0, 0.1) is 0 Å². The van der Waals surface area contributed by atoms with Crippen molar-refractivity contribution in [2.75, 3.05) is 46.9 Å². The Bertz CT molecular complexity index is 632. The molecule has 0 amide bonds. The minimum Gasteiger partial charge on any atom is -0.376 e. The lowest BCUT2D eigenvalue weighted by Gasteiger charge is -2.35. The number of guanidine groups is 1. The summed E-state index contributed by atoms with van der Waals surface area (Å²) in [7, 11) is 4.06. The van der Waals surface area contributed by atoms with Crippen LogP contribution in [-0.2, 0) is 16.0 Å². The van der Waals surface area contributed by atoms with Gasteiger partial charge in [-0.1, -0.05) is 30.3 Å². The molecule has 0 aromatic heterocycles. The SMILES string of the molecule is CN=C(NCC(C)N(C)Cc1ccccc1)N1CCC(OCC2CCCCO2)CC1.I. The summed E-state index contributed by atoms with van der Waals surface area (Å²) < 4.78 is 11.9. The second-order valence-electron chi connectivity index (χ2n) is 8.69. The maximum atomic E-state index is 6.15. The highest BCUT2D eigenvalue weighted by molar-refractivity contribution is 14.0. The highest BCUT2D eigenvalue weighted by atomic mass is 127. The summed E-state index contributed by atoms with van der Waals surface area (Å²) in [5.41, 5.74) is 1.34. The molecule has 0 bridgehead atoms. The van der Waals surface area contributed by atoms with Crippen molar-refractivity contribution >= 4 is 29.9 Å². The zero-order valence-corrected chi connectivity index (χ0v) is 21.8. The van der Waals surface area contributed by atoms with E-state index in [1.165, 1.54) is 18.4 Å². The summed E-state index contributed by atoms with van der Waals surface area (Å²) in [6.45, 7) is 7.72.